The number of benzene rings is 2. The highest BCUT2D eigenvalue weighted by atomic mass is 31.2. The van der Waals surface area contributed by atoms with Gasteiger partial charge >= 0.3 is 7.60 Å². The number of aliphatic hydroxyl groups is 10. The lowest BCUT2D eigenvalue weighted by Gasteiger charge is -2.56. The first-order valence-corrected chi connectivity index (χ1v) is 48.2. The van der Waals surface area contributed by atoms with Crippen molar-refractivity contribution in [2.45, 2.75) is 255 Å². The molecule has 15 rings (SSSR count). The number of methoxy groups -OCH3 is 4. The van der Waals surface area contributed by atoms with Gasteiger partial charge in [0.2, 0.25) is 0 Å². The highest BCUT2D eigenvalue weighted by Gasteiger charge is 2.64. The van der Waals surface area contributed by atoms with Gasteiger partial charge in [0.1, 0.15) is 165 Å². The van der Waals surface area contributed by atoms with Crippen molar-refractivity contribution in [3.8, 4) is 0 Å². The Morgan fingerprint density at radius 1 is 0.439 bits per heavy atom. The van der Waals surface area contributed by atoms with Gasteiger partial charge in [-0.25, -0.2) is 4.67 Å². The summed E-state index contributed by atoms with van der Waals surface area (Å²) in [7, 11) is -18.8. The number of phosphoric acid groups is 4. The van der Waals surface area contributed by atoms with Gasteiger partial charge in [-0.2, -0.15) is 0 Å². The van der Waals surface area contributed by atoms with E-state index < -0.39 is 251 Å². The molecule has 64 heteroatoms. The summed E-state index contributed by atoms with van der Waals surface area (Å²) >= 11 is 0. The van der Waals surface area contributed by atoms with Gasteiger partial charge in [-0.05, 0) is 22.3 Å². The van der Waals surface area contributed by atoms with Gasteiger partial charge in [0, 0.05) is 69.9 Å². The van der Waals surface area contributed by atoms with E-state index in [-0.39, 0.29) is 28.1 Å². The average Bonchev–Trinajstić information content (AvgIpc) is 0.879. The van der Waals surface area contributed by atoms with E-state index in [1.807, 2.05) is 50.2 Å². The summed E-state index contributed by atoms with van der Waals surface area (Å²) in [6, 6.07) is 16.2. The maximum atomic E-state index is 12.2. The molecule has 13 aliphatic rings. The molecule has 123 heavy (non-hydrogen) atoms. The van der Waals surface area contributed by atoms with Gasteiger partial charge < -0.3 is 226 Å². The van der Waals surface area contributed by atoms with Crippen LogP contribution in [0.3, 0.4) is 0 Å². The van der Waals surface area contributed by atoms with E-state index in [0.29, 0.717) is 33.5 Å². The Morgan fingerprint density at radius 3 is 1.00 bits per heavy atom. The number of fused-ring (bicyclic) bond motifs is 2. The molecule has 2 aromatic carbocycles. The van der Waals surface area contributed by atoms with E-state index in [1.165, 1.54) is 32.5 Å². The molecule has 0 aromatic heterocycles. The SMILES string of the molecule is CC(C)P1(=O)OCc2ccccc2CO1.CCN(CC)P1OCc2ccccc2CO1.COC1C(O)[C@H](O)C(O)C(O)[C@@H]1O.COC1C(OP(=O)([O-])[O-])[C@H](OP(=O)([O-])[O-])C(O[O-])C(OP(=O)([O-])[O-])[C@@H]1OP(=O)([O-])[O-].COC1C(P=O)[C@H](OP)[C@H](P=O)C(OP)[C@@H]1OP.COC1C2OC3OC(C(O)[C@H]1O3)[C@@H]2O.O.O=P[O-].OC1C2OC3OC1C(O)C(O3)C2O. The average molecular weight is 2010 g/mol. The number of ether oxygens (including phenoxy) is 10. The van der Waals surface area contributed by atoms with Gasteiger partial charge in [0.25, 0.3) is 21.5 Å². The molecule has 12 N–H and O–H groups in total. The summed E-state index contributed by atoms with van der Waals surface area (Å²) in [6.07, 6.45) is -35.9. The van der Waals surface area contributed by atoms with E-state index >= 15 is 0 Å². The van der Waals surface area contributed by atoms with E-state index in [1.54, 1.807) is 0 Å². The molecule has 0 spiro atoms. The van der Waals surface area contributed by atoms with Crippen molar-refractivity contribution in [2.24, 2.45) is 0 Å². The number of nitrogens with zero attached hydrogens (tertiary/aromatic N) is 1. The fraction of sp³-hybridized carbons (Fsp3) is 0.797. The molecule has 6 saturated heterocycles. The van der Waals surface area contributed by atoms with Crippen LogP contribution in [-0.2, 0) is 165 Å². The molecule has 28 atom stereocenters. The third kappa shape index (κ3) is 29.9. The quantitative estimate of drug-likeness (QED) is 0.0297. The Morgan fingerprint density at radius 2 is 0.724 bits per heavy atom. The van der Waals surface area contributed by atoms with Gasteiger partial charge in [-0.3, -0.25) is 18.3 Å². The zero-order chi connectivity index (χ0) is 91.6. The molecule has 5 saturated carbocycles. The third-order valence-corrected chi connectivity index (χ3v) is 28.4. The largest absolute Gasteiger partial charge is 0.790 e. The van der Waals surface area contributed by atoms with Crippen LogP contribution in [0.4, 0.5) is 0 Å². The van der Waals surface area contributed by atoms with Crippen LogP contribution < -0.4 is 49.3 Å². The number of hydrogen-bond donors (Lipinski definition) is 10. The number of phosphoric ester groups is 4. The molecule has 19 unspecified atom stereocenters. The lowest BCUT2D eigenvalue weighted by atomic mass is 9.82. The van der Waals surface area contributed by atoms with Gasteiger partial charge in [-0.15, -0.1) is 0 Å². The maximum Gasteiger partial charge on any atom is 0.333 e. The Bertz CT molecular complexity index is 3490. The monoisotopic (exact) mass is 2010 g/mol. The highest BCUT2D eigenvalue weighted by molar-refractivity contribution is 7.54. The molecule has 0 radical (unpaired) electrons. The molecule has 5 aliphatic carbocycles. The summed E-state index contributed by atoms with van der Waals surface area (Å²) < 4.78 is 193. The van der Waals surface area contributed by atoms with Crippen molar-refractivity contribution in [2.75, 3.05) is 41.5 Å². The van der Waals surface area contributed by atoms with Crippen molar-refractivity contribution in [1.29, 1.82) is 0 Å². The Labute approximate surface area is 714 Å². The molecule has 8 bridgehead atoms. The highest BCUT2D eigenvalue weighted by Crippen LogP contribution is 2.56. The van der Waals surface area contributed by atoms with E-state index in [9.17, 15) is 122 Å². The minimum absolute atomic E-state index is 0. The first-order chi connectivity index (χ1) is 57.3. The fourth-order valence-corrected chi connectivity index (χ4v) is 21.8. The number of hydrogen-bond acceptors (Lipinski definition) is 51. The Balaban J connectivity index is 0.000000258. The van der Waals surface area contributed by atoms with Gasteiger partial charge in [-0.1, -0.05) is 76.2 Å². The van der Waals surface area contributed by atoms with Gasteiger partial charge in [0.15, 0.2) is 16.9 Å². The van der Waals surface area contributed by atoms with Crippen LogP contribution in [0.1, 0.15) is 49.9 Å². The minimum atomic E-state index is -6.21. The summed E-state index contributed by atoms with van der Waals surface area (Å²) in [5.74, 6) is 0. The maximum absolute atomic E-state index is 12.2. The molecular weight excluding hydrogens is 1910 g/mol. The molecule has 712 valence electrons. The van der Waals surface area contributed by atoms with E-state index in [4.69, 9.17) is 84.1 Å². The molecule has 8 heterocycles. The van der Waals surface area contributed by atoms with Crippen molar-refractivity contribution >= 4 is 101 Å². The van der Waals surface area contributed by atoms with Crippen molar-refractivity contribution in [1.82, 2.24) is 4.67 Å². The van der Waals surface area contributed by atoms with Crippen molar-refractivity contribution in [3.05, 3.63) is 70.8 Å². The first kappa shape index (κ1) is 113. The smallest absolute Gasteiger partial charge is 0.333 e. The van der Waals surface area contributed by atoms with Crippen LogP contribution in [0.15, 0.2) is 48.5 Å². The van der Waals surface area contributed by atoms with Crippen molar-refractivity contribution in [3.63, 3.8) is 0 Å². The molecule has 8 aliphatic heterocycles. The Hall–Kier alpha value is -0.150. The van der Waals surface area contributed by atoms with Crippen LogP contribution >= 0.6 is 101 Å². The third-order valence-electron chi connectivity index (χ3n) is 19.8. The molecular formula is C59H95NO51P12-10. The van der Waals surface area contributed by atoms with E-state index in [0.717, 1.165) is 24.2 Å². The summed E-state index contributed by atoms with van der Waals surface area (Å²) in [4.78, 5) is 99.4. The van der Waals surface area contributed by atoms with Crippen LogP contribution in [0.2, 0.25) is 0 Å². The molecule has 0 amide bonds. The second-order valence-electron chi connectivity index (χ2n) is 27.2. The predicted molar refractivity (Wildman–Crippen MR) is 397 cm³/mol. The van der Waals surface area contributed by atoms with Crippen LogP contribution in [0.5, 0.6) is 0 Å². The number of rotatable bonds is 22. The van der Waals surface area contributed by atoms with Crippen molar-refractivity contribution < 1.29 is 244 Å². The van der Waals surface area contributed by atoms with E-state index in [2.05, 4.69) is 91.5 Å². The second-order valence-corrected chi connectivity index (χ2v) is 38.4. The minimum Gasteiger partial charge on any atom is -0.790 e. The zero-order valence-corrected chi connectivity index (χ0v) is 76.9. The second kappa shape index (κ2) is 51.5. The molecule has 11 fully saturated rings. The van der Waals surface area contributed by atoms with Crippen LogP contribution in [0.25, 0.3) is 0 Å². The molecule has 2 aromatic rings. The lowest BCUT2D eigenvalue weighted by molar-refractivity contribution is -0.710. The van der Waals surface area contributed by atoms with Crippen LogP contribution in [0, 0.1) is 0 Å². The summed E-state index contributed by atoms with van der Waals surface area (Å²) in [6.45, 7) is 10.4. The topological polar surface area (TPSA) is 807 Å². The lowest BCUT2D eigenvalue weighted by Crippen LogP contribution is -2.75. The summed E-state index contributed by atoms with van der Waals surface area (Å²) in [5.41, 5.74) is 3.56. The normalized spacial score (nSPS) is 37.8. The number of aliphatic hydroxyl groups excluding tert-OH is 10. The van der Waals surface area contributed by atoms with Gasteiger partial charge in [0.05, 0.1) is 89.5 Å². The van der Waals surface area contributed by atoms with Crippen LogP contribution in [-0.4, -0.2) is 304 Å². The Kier molecular flexibility index (Phi) is 47.5. The first-order valence-electron chi connectivity index (χ1n) is 35.7. The summed E-state index contributed by atoms with van der Waals surface area (Å²) in [5, 5.41) is 105. The standard InChI is InChI=1S/C12H18NO2P.C11H15O3P.C8H12O6.C7H18O19P4.C7H15O6P5.C7H10O6.C7H14O6.HO2P.H2O/c1-3-13(4-2)16-14-9-11-7-5-6-8-12(11)10-15-16;1-9(2)15(12)13-7-10-5-3-4-6-11(10)8-14-15;1-11-7-5-2(9)4-3(10)6(7)14-8(12-4)13-5;1-21-2-4(23-27(9,10)11)6(25-29(15,16)17)3(22-8)7(26-30(18,19)20)5(2)24-28(12,13)14;1-10-3-2(11-14)4(12-15)7(18-9)5(13-16)6(3)17-8;8-1-4-2(9)6-3(10)5(1)12-7(11-4)13-6;1-13-7-5(11)3(9)2(8)4(10)6(7)12;1-3-2;/h5-8H,3-4,9-10H2,1-2H3;3-6,9H,7-8H2,1-2H3;2-10H,1H3;2-8H,1H3,(H2,9,10,11)(H2,12,13,14)(H2,15,16,17)(H2,18,19,20);2-7H,14-16H2,1H3;1-10H;2-12H,1H3;(H,1,2);1H2/p-10/t;;2-,3?,4?,5?,6+,7?,8?;2?,3?,4-,5?,6?,7-;2-,3?,4?,5+,6?,7-;;2?,3-,4?,5?,6+,7?;;/m..011.1../s1. The fourth-order valence-electron chi connectivity index (χ4n) is 13.9. The molecule has 52 nitrogen and oxygen atoms in total. The zero-order valence-electron chi connectivity index (χ0n) is 65.4. The predicted octanol–water partition coefficient (Wildman–Crippen LogP) is -8.67.